The van der Waals surface area contributed by atoms with E-state index in [0.29, 0.717) is 12.5 Å². The summed E-state index contributed by atoms with van der Waals surface area (Å²) in [6.45, 7) is 1.52. The number of tetrazole rings is 1. The van der Waals surface area contributed by atoms with E-state index in [9.17, 15) is 4.79 Å². The first-order chi connectivity index (χ1) is 10.7. The number of anilines is 1. The third kappa shape index (κ3) is 2.79. The number of piperidine rings is 1. The summed E-state index contributed by atoms with van der Waals surface area (Å²) in [6.07, 6.45) is 1.88. The Bertz CT molecular complexity index is 638. The zero-order chi connectivity index (χ0) is 15.5. The lowest BCUT2D eigenvalue weighted by Crippen LogP contribution is -2.43. The van der Waals surface area contributed by atoms with Crippen LogP contribution in [0.4, 0.5) is 5.95 Å². The van der Waals surface area contributed by atoms with E-state index in [4.69, 9.17) is 0 Å². The van der Waals surface area contributed by atoms with Crippen molar-refractivity contribution in [1.82, 2.24) is 25.1 Å². The molecule has 0 saturated carbocycles. The second-order valence-corrected chi connectivity index (χ2v) is 5.74. The minimum absolute atomic E-state index is 0.00433. The van der Waals surface area contributed by atoms with E-state index in [1.165, 1.54) is 0 Å². The number of nitrogens with zero attached hydrogens (tertiary/aromatic N) is 6. The van der Waals surface area contributed by atoms with Crippen molar-refractivity contribution < 1.29 is 4.79 Å². The van der Waals surface area contributed by atoms with E-state index < -0.39 is 0 Å². The standard InChI is InChI=1S/C15H20N6O/c1-19(2)14(22)12-7-6-10-20(11-12)15-16-17-18-21(15)13-8-4-3-5-9-13/h3-5,8-9,12H,6-7,10-11H2,1-2H3/t12-/m1/s1. The molecule has 22 heavy (non-hydrogen) atoms. The maximum absolute atomic E-state index is 12.2. The molecule has 7 heteroatoms. The lowest BCUT2D eigenvalue weighted by molar-refractivity contribution is -0.133. The van der Waals surface area contributed by atoms with Crippen molar-refractivity contribution >= 4 is 11.9 Å². The van der Waals surface area contributed by atoms with Crippen molar-refractivity contribution in [2.75, 3.05) is 32.1 Å². The second kappa shape index (κ2) is 6.13. The van der Waals surface area contributed by atoms with Crippen LogP contribution in [0.25, 0.3) is 5.69 Å². The van der Waals surface area contributed by atoms with Gasteiger partial charge in [-0.3, -0.25) is 4.79 Å². The van der Waals surface area contributed by atoms with Crippen molar-refractivity contribution in [2.45, 2.75) is 12.8 Å². The summed E-state index contributed by atoms with van der Waals surface area (Å²) in [6, 6.07) is 9.80. The number of carbonyl (C=O) groups is 1. The molecule has 1 aliphatic rings. The molecule has 0 unspecified atom stereocenters. The Kier molecular flexibility index (Phi) is 4.04. The zero-order valence-corrected chi connectivity index (χ0v) is 12.9. The van der Waals surface area contributed by atoms with Gasteiger partial charge in [-0.15, -0.1) is 0 Å². The van der Waals surface area contributed by atoms with Crippen LogP contribution in [0.3, 0.4) is 0 Å². The van der Waals surface area contributed by atoms with Crippen LogP contribution in [-0.4, -0.2) is 58.2 Å². The molecule has 1 aliphatic heterocycles. The average Bonchev–Trinajstić information content (AvgIpc) is 3.04. The molecule has 7 nitrogen and oxygen atoms in total. The Balaban J connectivity index is 1.83. The van der Waals surface area contributed by atoms with Gasteiger partial charge in [0.15, 0.2) is 0 Å². The molecule has 1 amide bonds. The second-order valence-electron chi connectivity index (χ2n) is 5.74. The van der Waals surface area contributed by atoms with E-state index in [1.54, 1.807) is 23.7 Å². The number of aromatic nitrogens is 4. The van der Waals surface area contributed by atoms with Crippen LogP contribution in [0.5, 0.6) is 0 Å². The highest BCUT2D eigenvalue weighted by molar-refractivity contribution is 5.79. The number of hydrogen-bond donors (Lipinski definition) is 0. The Morgan fingerprint density at radius 2 is 2.05 bits per heavy atom. The summed E-state index contributed by atoms with van der Waals surface area (Å²) in [5.41, 5.74) is 0.920. The Labute approximate surface area is 129 Å². The van der Waals surface area contributed by atoms with E-state index in [1.807, 2.05) is 30.3 Å². The lowest BCUT2D eigenvalue weighted by atomic mass is 9.97. The summed E-state index contributed by atoms with van der Waals surface area (Å²) in [5.74, 6) is 0.871. The van der Waals surface area contributed by atoms with Crippen LogP contribution in [-0.2, 0) is 4.79 Å². The van der Waals surface area contributed by atoms with Gasteiger partial charge in [0.2, 0.25) is 11.9 Å². The molecule has 1 aromatic heterocycles. The maximum atomic E-state index is 12.2. The fourth-order valence-electron chi connectivity index (χ4n) is 2.84. The SMILES string of the molecule is CN(C)C(=O)[C@@H]1CCCN(c2nnnn2-c2ccccc2)C1. The van der Waals surface area contributed by atoms with Gasteiger partial charge in [-0.2, -0.15) is 4.68 Å². The summed E-state index contributed by atoms with van der Waals surface area (Å²) in [4.78, 5) is 16.0. The fraction of sp³-hybridized carbons (Fsp3) is 0.467. The van der Waals surface area contributed by atoms with E-state index >= 15 is 0 Å². The molecule has 1 saturated heterocycles. The van der Waals surface area contributed by atoms with Gasteiger partial charge in [-0.1, -0.05) is 23.3 Å². The van der Waals surface area contributed by atoms with Gasteiger partial charge in [-0.05, 0) is 35.4 Å². The van der Waals surface area contributed by atoms with Gasteiger partial charge in [-0.25, -0.2) is 0 Å². The molecule has 116 valence electrons. The summed E-state index contributed by atoms with van der Waals surface area (Å²) in [7, 11) is 3.60. The van der Waals surface area contributed by atoms with Crippen LogP contribution < -0.4 is 4.90 Å². The maximum Gasteiger partial charge on any atom is 0.250 e. The third-order valence-electron chi connectivity index (χ3n) is 3.95. The molecule has 0 bridgehead atoms. The predicted octanol–water partition coefficient (Wildman–Crippen LogP) is 0.967. The summed E-state index contributed by atoms with van der Waals surface area (Å²) < 4.78 is 1.72. The summed E-state index contributed by atoms with van der Waals surface area (Å²) >= 11 is 0. The Morgan fingerprint density at radius 1 is 1.27 bits per heavy atom. The number of para-hydroxylation sites is 1. The number of rotatable bonds is 3. The van der Waals surface area contributed by atoms with E-state index in [0.717, 1.165) is 25.1 Å². The molecule has 0 radical (unpaired) electrons. The molecular weight excluding hydrogens is 280 g/mol. The first-order valence-electron chi connectivity index (χ1n) is 7.46. The van der Waals surface area contributed by atoms with Crippen molar-refractivity contribution in [3.8, 4) is 5.69 Å². The predicted molar refractivity (Wildman–Crippen MR) is 82.8 cm³/mol. The fourth-order valence-corrected chi connectivity index (χ4v) is 2.84. The first kappa shape index (κ1) is 14.5. The molecule has 0 aliphatic carbocycles. The first-order valence-corrected chi connectivity index (χ1v) is 7.46. The number of hydrogen-bond acceptors (Lipinski definition) is 5. The van der Waals surface area contributed by atoms with Gasteiger partial charge in [0, 0.05) is 27.2 Å². The molecule has 1 aromatic carbocycles. The molecule has 1 fully saturated rings. The van der Waals surface area contributed by atoms with Crippen molar-refractivity contribution in [1.29, 1.82) is 0 Å². The molecular formula is C15H20N6O. The van der Waals surface area contributed by atoms with E-state index in [2.05, 4.69) is 20.4 Å². The molecule has 1 atom stereocenters. The van der Waals surface area contributed by atoms with Gasteiger partial charge in [0.25, 0.3) is 0 Å². The smallest absolute Gasteiger partial charge is 0.250 e. The van der Waals surface area contributed by atoms with Gasteiger partial charge in [0.1, 0.15) is 0 Å². The number of benzene rings is 1. The van der Waals surface area contributed by atoms with Crippen LogP contribution >= 0.6 is 0 Å². The largest absolute Gasteiger partial charge is 0.349 e. The van der Waals surface area contributed by atoms with Crippen LogP contribution in [0.1, 0.15) is 12.8 Å². The average molecular weight is 300 g/mol. The van der Waals surface area contributed by atoms with Crippen molar-refractivity contribution in [2.24, 2.45) is 5.92 Å². The molecule has 0 spiro atoms. The highest BCUT2D eigenvalue weighted by Gasteiger charge is 2.29. The highest BCUT2D eigenvalue weighted by Crippen LogP contribution is 2.23. The minimum Gasteiger partial charge on any atom is -0.349 e. The van der Waals surface area contributed by atoms with Gasteiger partial charge < -0.3 is 9.80 Å². The van der Waals surface area contributed by atoms with Gasteiger partial charge in [0.05, 0.1) is 11.6 Å². The molecule has 3 rings (SSSR count). The monoisotopic (exact) mass is 300 g/mol. The quantitative estimate of drug-likeness (QED) is 0.845. The highest BCUT2D eigenvalue weighted by atomic mass is 16.2. The zero-order valence-electron chi connectivity index (χ0n) is 12.9. The van der Waals surface area contributed by atoms with Crippen molar-refractivity contribution in [3.05, 3.63) is 30.3 Å². The molecule has 0 N–H and O–H groups in total. The van der Waals surface area contributed by atoms with E-state index in [-0.39, 0.29) is 11.8 Å². The number of carbonyl (C=O) groups excluding carboxylic acids is 1. The normalized spacial score (nSPS) is 18.3. The van der Waals surface area contributed by atoms with Crippen LogP contribution in [0, 0.1) is 5.92 Å². The minimum atomic E-state index is 0.00433. The molecule has 2 heterocycles. The Morgan fingerprint density at radius 3 is 2.77 bits per heavy atom. The van der Waals surface area contributed by atoms with Crippen LogP contribution in [0.2, 0.25) is 0 Å². The molecule has 2 aromatic rings. The third-order valence-corrected chi connectivity index (χ3v) is 3.95. The van der Waals surface area contributed by atoms with Crippen molar-refractivity contribution in [3.63, 3.8) is 0 Å². The summed E-state index contributed by atoms with van der Waals surface area (Å²) in [5, 5.41) is 12.0. The number of amides is 1. The van der Waals surface area contributed by atoms with Gasteiger partial charge >= 0.3 is 0 Å². The topological polar surface area (TPSA) is 67.2 Å². The Hall–Kier alpha value is -2.44. The lowest BCUT2D eigenvalue weighted by Gasteiger charge is -2.33. The van der Waals surface area contributed by atoms with Crippen LogP contribution in [0.15, 0.2) is 30.3 Å².